The van der Waals surface area contributed by atoms with Gasteiger partial charge in [-0.3, -0.25) is 14.3 Å². The number of ketones is 1. The van der Waals surface area contributed by atoms with Crippen LogP contribution in [0.15, 0.2) is 78.2 Å². The number of esters is 1. The summed E-state index contributed by atoms with van der Waals surface area (Å²) in [6.07, 6.45) is 6.12. The lowest BCUT2D eigenvalue weighted by Gasteiger charge is -2.40. The standard InChI is InChI=1S/C29H33N3O5S/c1-3-15-29(16-14-21-10-6-5-7-11-21)20-25(33)26(27(34)37-29)24(4-2)22-12-8-13-23(19-22)32-38(35,36)28-30-17-9-18-31-28/h5-13,17-19,24,26,32H,3-4,14-16,20H2,1-2H3. The topological polar surface area (TPSA) is 115 Å². The maximum Gasteiger partial charge on any atom is 0.317 e. The van der Waals surface area contributed by atoms with Gasteiger partial charge in [-0.15, -0.1) is 0 Å². The summed E-state index contributed by atoms with van der Waals surface area (Å²) in [7, 11) is -3.99. The molecule has 2 heterocycles. The molecule has 0 bridgehead atoms. The number of aryl methyl sites for hydroxylation is 1. The highest BCUT2D eigenvalue weighted by atomic mass is 32.2. The van der Waals surface area contributed by atoms with Crippen molar-refractivity contribution < 1.29 is 22.7 Å². The molecule has 0 aliphatic carbocycles. The molecule has 1 N–H and O–H groups in total. The van der Waals surface area contributed by atoms with E-state index in [1.54, 1.807) is 24.3 Å². The lowest BCUT2D eigenvalue weighted by Crippen LogP contribution is -2.49. The molecule has 1 aliphatic rings. The van der Waals surface area contributed by atoms with Gasteiger partial charge in [0.2, 0.25) is 0 Å². The van der Waals surface area contributed by atoms with E-state index in [0.717, 1.165) is 18.4 Å². The highest BCUT2D eigenvalue weighted by Gasteiger charge is 2.48. The number of sulfonamides is 1. The third-order valence-electron chi connectivity index (χ3n) is 7.02. The van der Waals surface area contributed by atoms with Crippen LogP contribution in [0.1, 0.15) is 63.0 Å². The molecule has 3 aromatic rings. The highest BCUT2D eigenvalue weighted by molar-refractivity contribution is 7.92. The number of hydrogen-bond donors (Lipinski definition) is 1. The summed E-state index contributed by atoms with van der Waals surface area (Å²) >= 11 is 0. The average molecular weight is 536 g/mol. The lowest BCUT2D eigenvalue weighted by molar-refractivity contribution is -0.180. The quantitative estimate of drug-likeness (QED) is 0.207. The first-order valence-corrected chi connectivity index (χ1v) is 14.4. The van der Waals surface area contributed by atoms with Crippen molar-refractivity contribution in [2.24, 2.45) is 5.92 Å². The van der Waals surface area contributed by atoms with Gasteiger partial charge < -0.3 is 4.74 Å². The molecular formula is C29H33N3O5S. The zero-order chi connectivity index (χ0) is 27.2. The van der Waals surface area contributed by atoms with Crippen molar-refractivity contribution in [2.75, 3.05) is 4.72 Å². The van der Waals surface area contributed by atoms with Crippen molar-refractivity contribution in [1.82, 2.24) is 9.97 Å². The molecule has 1 saturated heterocycles. The molecule has 38 heavy (non-hydrogen) atoms. The Bertz CT molecular complexity index is 1350. The highest BCUT2D eigenvalue weighted by Crippen LogP contribution is 2.41. The molecule has 1 fully saturated rings. The summed E-state index contributed by atoms with van der Waals surface area (Å²) in [6, 6.07) is 18.3. The Balaban J connectivity index is 1.53. The molecule has 8 nitrogen and oxygen atoms in total. The SMILES string of the molecule is CCCC1(CCc2ccccc2)CC(=O)C(C(CC)c2cccc(NS(=O)(=O)c3ncccn3)c2)C(=O)O1. The first kappa shape index (κ1) is 27.4. The molecule has 9 heteroatoms. The second-order valence-electron chi connectivity index (χ2n) is 9.74. The van der Waals surface area contributed by atoms with E-state index in [1.165, 1.54) is 18.5 Å². The minimum Gasteiger partial charge on any atom is -0.458 e. The fourth-order valence-electron chi connectivity index (χ4n) is 5.26. The Kier molecular flexibility index (Phi) is 8.56. The van der Waals surface area contributed by atoms with Crippen molar-refractivity contribution in [3.63, 3.8) is 0 Å². The number of rotatable bonds is 11. The summed E-state index contributed by atoms with van der Waals surface area (Å²) in [6.45, 7) is 3.93. The number of benzene rings is 2. The molecule has 2 aromatic carbocycles. The Morgan fingerprint density at radius 1 is 1.00 bits per heavy atom. The zero-order valence-corrected chi connectivity index (χ0v) is 22.5. The van der Waals surface area contributed by atoms with Crippen LogP contribution in [-0.4, -0.2) is 35.7 Å². The van der Waals surface area contributed by atoms with Gasteiger partial charge in [-0.2, -0.15) is 8.42 Å². The van der Waals surface area contributed by atoms with Crippen LogP contribution in [0.5, 0.6) is 0 Å². The van der Waals surface area contributed by atoms with Gasteiger partial charge in [0.25, 0.3) is 15.2 Å². The van der Waals surface area contributed by atoms with Gasteiger partial charge >= 0.3 is 5.97 Å². The van der Waals surface area contributed by atoms with Crippen molar-refractivity contribution in [3.05, 3.63) is 84.2 Å². The van der Waals surface area contributed by atoms with Crippen molar-refractivity contribution >= 4 is 27.5 Å². The predicted octanol–water partition coefficient (Wildman–Crippen LogP) is 5.07. The summed E-state index contributed by atoms with van der Waals surface area (Å²) in [5.41, 5.74) is 1.32. The van der Waals surface area contributed by atoms with Gasteiger partial charge in [-0.25, -0.2) is 9.97 Å². The van der Waals surface area contributed by atoms with Gasteiger partial charge in [-0.05, 0) is 55.0 Å². The number of ether oxygens (including phenoxy) is 1. The normalized spacial score (nSPS) is 20.5. The molecule has 0 radical (unpaired) electrons. The summed E-state index contributed by atoms with van der Waals surface area (Å²) in [5.74, 6) is -2.01. The monoisotopic (exact) mass is 535 g/mol. The van der Waals surface area contributed by atoms with Crippen LogP contribution in [0.3, 0.4) is 0 Å². The van der Waals surface area contributed by atoms with E-state index < -0.39 is 33.4 Å². The third-order valence-corrected chi connectivity index (χ3v) is 8.22. The van der Waals surface area contributed by atoms with Gasteiger partial charge in [0.15, 0.2) is 5.78 Å². The number of carbonyl (C=O) groups is 2. The van der Waals surface area contributed by atoms with Crippen LogP contribution in [-0.2, 0) is 30.8 Å². The molecule has 1 aromatic heterocycles. The fourth-order valence-corrected chi connectivity index (χ4v) is 6.19. The number of nitrogens with zero attached hydrogens (tertiary/aromatic N) is 2. The van der Waals surface area contributed by atoms with E-state index in [-0.39, 0.29) is 17.4 Å². The minimum atomic E-state index is -3.99. The summed E-state index contributed by atoms with van der Waals surface area (Å²) in [4.78, 5) is 34.6. The average Bonchev–Trinajstić information content (AvgIpc) is 2.91. The maximum absolute atomic E-state index is 13.5. The molecule has 0 saturated carbocycles. The molecule has 200 valence electrons. The van der Waals surface area contributed by atoms with Crippen molar-refractivity contribution in [1.29, 1.82) is 0 Å². The second-order valence-corrected chi connectivity index (χ2v) is 11.3. The Morgan fingerprint density at radius 2 is 1.74 bits per heavy atom. The van der Waals surface area contributed by atoms with E-state index in [4.69, 9.17) is 4.74 Å². The number of hydrogen-bond acceptors (Lipinski definition) is 7. The van der Waals surface area contributed by atoms with Gasteiger partial charge in [0, 0.05) is 30.4 Å². The maximum atomic E-state index is 13.5. The van der Waals surface area contributed by atoms with Gasteiger partial charge in [0.1, 0.15) is 11.5 Å². The molecule has 0 spiro atoms. The lowest BCUT2D eigenvalue weighted by atomic mass is 9.74. The van der Waals surface area contributed by atoms with Crippen LogP contribution in [0.25, 0.3) is 0 Å². The van der Waals surface area contributed by atoms with Crippen molar-refractivity contribution in [3.8, 4) is 0 Å². The molecule has 0 amide bonds. The summed E-state index contributed by atoms with van der Waals surface area (Å²) in [5, 5.41) is -0.341. The van der Waals surface area contributed by atoms with E-state index in [9.17, 15) is 18.0 Å². The number of carbonyl (C=O) groups excluding carboxylic acids is 2. The van der Waals surface area contributed by atoms with Crippen LogP contribution in [0.4, 0.5) is 5.69 Å². The Hall–Kier alpha value is -3.59. The number of nitrogens with one attached hydrogen (secondary N) is 1. The summed E-state index contributed by atoms with van der Waals surface area (Å²) < 4.78 is 34.0. The zero-order valence-electron chi connectivity index (χ0n) is 21.7. The fraction of sp³-hybridized carbons (Fsp3) is 0.379. The first-order valence-electron chi connectivity index (χ1n) is 13.0. The van der Waals surface area contributed by atoms with E-state index >= 15 is 0 Å². The predicted molar refractivity (Wildman–Crippen MR) is 144 cm³/mol. The third kappa shape index (κ3) is 6.27. The van der Waals surface area contributed by atoms with E-state index in [2.05, 4.69) is 14.7 Å². The number of aromatic nitrogens is 2. The minimum absolute atomic E-state index is 0.127. The molecular weight excluding hydrogens is 502 g/mol. The Morgan fingerprint density at radius 3 is 2.39 bits per heavy atom. The van der Waals surface area contributed by atoms with Crippen molar-refractivity contribution in [2.45, 2.75) is 69.0 Å². The van der Waals surface area contributed by atoms with E-state index in [0.29, 0.717) is 30.5 Å². The molecule has 4 rings (SSSR count). The van der Waals surface area contributed by atoms with Gasteiger partial charge in [0.05, 0.1) is 0 Å². The first-order chi connectivity index (χ1) is 18.3. The smallest absolute Gasteiger partial charge is 0.317 e. The largest absolute Gasteiger partial charge is 0.458 e. The number of anilines is 1. The molecule has 3 atom stereocenters. The number of Topliss-reactive ketones (excluding diaryl/α,β-unsaturated/α-hetero) is 1. The van der Waals surface area contributed by atoms with Crippen LogP contribution in [0, 0.1) is 5.92 Å². The second kappa shape index (κ2) is 11.9. The van der Waals surface area contributed by atoms with Crippen LogP contribution >= 0.6 is 0 Å². The number of cyclic esters (lactones) is 1. The van der Waals surface area contributed by atoms with E-state index in [1.807, 2.05) is 44.2 Å². The molecule has 1 aliphatic heterocycles. The van der Waals surface area contributed by atoms with Crippen LogP contribution in [0.2, 0.25) is 0 Å². The van der Waals surface area contributed by atoms with Crippen LogP contribution < -0.4 is 4.72 Å². The Labute approximate surface area is 223 Å². The van der Waals surface area contributed by atoms with Gasteiger partial charge in [-0.1, -0.05) is 62.7 Å². The molecule has 3 unspecified atom stereocenters.